The van der Waals surface area contributed by atoms with Gasteiger partial charge in [-0.25, -0.2) is 19.4 Å². The summed E-state index contributed by atoms with van der Waals surface area (Å²) < 4.78 is 39.2. The third-order valence-corrected chi connectivity index (χ3v) is 10.4. The zero-order chi connectivity index (χ0) is 52.7. The van der Waals surface area contributed by atoms with E-state index < -0.39 is 116 Å². The van der Waals surface area contributed by atoms with E-state index in [1.807, 2.05) is 0 Å². The predicted molar refractivity (Wildman–Crippen MR) is 249 cm³/mol. The summed E-state index contributed by atoms with van der Waals surface area (Å²) in [6.45, 7) is 5.21. The minimum atomic E-state index is -1.09. The van der Waals surface area contributed by atoms with Crippen LogP contribution < -0.4 is 9.47 Å². The molecule has 0 bridgehead atoms. The van der Waals surface area contributed by atoms with E-state index in [1.54, 1.807) is 0 Å². The van der Waals surface area contributed by atoms with Gasteiger partial charge in [0.2, 0.25) is 13.6 Å². The Labute approximate surface area is 421 Å². The van der Waals surface area contributed by atoms with Crippen molar-refractivity contribution in [3.05, 3.63) is 128 Å². The van der Waals surface area contributed by atoms with Gasteiger partial charge in [-0.15, -0.1) is 0 Å². The van der Waals surface area contributed by atoms with Gasteiger partial charge in [0.15, 0.2) is 43.0 Å². The molecule has 7 rings (SSSR count). The van der Waals surface area contributed by atoms with Crippen molar-refractivity contribution in [1.29, 1.82) is 0 Å². The molecule has 2 aliphatic heterocycles. The molecule has 4 aromatic carbocycles. The van der Waals surface area contributed by atoms with Crippen LogP contribution in [0.5, 0.6) is 11.5 Å². The highest BCUT2D eigenvalue weighted by Crippen LogP contribution is 2.33. The number of nitrogens with zero attached hydrogens (tertiary/aromatic N) is 2. The van der Waals surface area contributed by atoms with Gasteiger partial charge in [-0.05, 0) is 74.5 Å². The molecule has 0 aromatic heterocycles. The minimum Gasteiger partial charge on any atom is -0.479 e. The molecule has 4 aromatic rings. The molecule has 74 heavy (non-hydrogen) atoms. The number of carbonyl (C=O) groups excluding carboxylic acids is 13. The van der Waals surface area contributed by atoms with Crippen LogP contribution >= 0.6 is 0 Å². The number of hydrogen-bond acceptors (Lipinski definition) is 21. The molecule has 0 N–H and O–H groups in total. The van der Waals surface area contributed by atoms with Gasteiger partial charge in [-0.3, -0.25) is 52.7 Å². The van der Waals surface area contributed by atoms with Crippen molar-refractivity contribution < 1.29 is 100 Å². The van der Waals surface area contributed by atoms with Crippen LogP contribution in [0.25, 0.3) is 0 Å². The molecule has 2 atom stereocenters. The Balaban J connectivity index is 0.000000314. The number of carbonyl (C=O) groups is 13. The summed E-state index contributed by atoms with van der Waals surface area (Å²) in [7, 11) is 0. The van der Waals surface area contributed by atoms with Crippen molar-refractivity contribution in [2.24, 2.45) is 0 Å². The minimum absolute atomic E-state index is 0. The number of fused-ring (bicyclic) bond motifs is 4. The number of ether oxygens (including phenoxy) is 8. The summed E-state index contributed by atoms with van der Waals surface area (Å²) in [5, 5.41) is 0. The summed E-state index contributed by atoms with van der Waals surface area (Å²) in [6.07, 6.45) is -2.18. The van der Waals surface area contributed by atoms with Crippen LogP contribution in [0, 0.1) is 0 Å². The molecule has 0 spiro atoms. The van der Waals surface area contributed by atoms with Crippen molar-refractivity contribution >= 4 is 76.8 Å². The van der Waals surface area contributed by atoms with Crippen molar-refractivity contribution in [1.82, 2.24) is 9.80 Å². The van der Waals surface area contributed by atoms with E-state index >= 15 is 0 Å². The molecular weight excluding hydrogens is 977 g/mol. The van der Waals surface area contributed by atoms with Crippen molar-refractivity contribution in [2.75, 3.05) is 27.0 Å². The highest BCUT2D eigenvalue weighted by Gasteiger charge is 2.39. The third-order valence-electron chi connectivity index (χ3n) is 10.4. The fourth-order valence-electron chi connectivity index (χ4n) is 6.91. The summed E-state index contributed by atoms with van der Waals surface area (Å²) in [6, 6.07) is 16.2. The first kappa shape index (κ1) is 57.2. The zero-order valence-corrected chi connectivity index (χ0v) is 38.9. The van der Waals surface area contributed by atoms with Gasteiger partial charge in [0.25, 0.3) is 23.6 Å². The van der Waals surface area contributed by atoms with Gasteiger partial charge in [-0.1, -0.05) is 27.0 Å². The second kappa shape index (κ2) is 24.1. The molecule has 0 saturated heterocycles. The number of esters is 6. The largest absolute Gasteiger partial charge is 0.479 e. The molecule has 4 amide bonds. The van der Waals surface area contributed by atoms with Crippen LogP contribution in [-0.2, 0) is 57.2 Å². The SMILES string of the molecule is C.C.CC(=O)OCN1C(=O)c2ccc(C(=O)c3ccc4c(c3)C(=O)N(COC(C)=O)C4=O)cc2C1=O.CC(=O)OCOC(=O)C(C)Oc1ccc2c(c1)C(=O)c1ccc(OC(C)C(=O)OCOC(C)=O)cc1C2=O. The van der Waals surface area contributed by atoms with E-state index in [4.69, 9.17) is 28.4 Å². The van der Waals surface area contributed by atoms with Gasteiger partial charge in [-0.2, -0.15) is 0 Å². The molecule has 1 aliphatic carbocycles. The maximum absolute atomic E-state index is 13.1. The van der Waals surface area contributed by atoms with Crippen LogP contribution in [0.15, 0.2) is 72.8 Å². The Hall–Kier alpha value is -9.41. The quantitative estimate of drug-likeness (QED) is 0.0430. The Bertz CT molecular complexity index is 2830. The molecule has 0 saturated carbocycles. The van der Waals surface area contributed by atoms with Crippen molar-refractivity contribution in [3.8, 4) is 11.5 Å². The second-order valence-corrected chi connectivity index (χ2v) is 15.5. The van der Waals surface area contributed by atoms with E-state index in [1.165, 1.54) is 86.6 Å². The fourth-order valence-corrected chi connectivity index (χ4v) is 6.91. The lowest BCUT2D eigenvalue weighted by Crippen LogP contribution is -2.32. The smallest absolute Gasteiger partial charge is 0.349 e. The molecule has 2 unspecified atom stereocenters. The predicted octanol–water partition coefficient (Wildman–Crippen LogP) is 4.55. The third kappa shape index (κ3) is 12.7. The number of rotatable bonds is 16. The Kier molecular flexibility index (Phi) is 18.6. The molecule has 0 radical (unpaired) electrons. The summed E-state index contributed by atoms with van der Waals surface area (Å²) in [5.74, 6) is -8.07. The van der Waals surface area contributed by atoms with Crippen LogP contribution in [-0.4, -0.2) is 126 Å². The lowest BCUT2D eigenvalue weighted by atomic mass is 9.84. The Morgan fingerprint density at radius 2 is 0.730 bits per heavy atom. The van der Waals surface area contributed by atoms with E-state index in [9.17, 15) is 62.3 Å². The topological polar surface area (TPSA) is 302 Å². The highest BCUT2D eigenvalue weighted by atomic mass is 16.7. The second-order valence-electron chi connectivity index (χ2n) is 15.5. The van der Waals surface area contributed by atoms with Crippen molar-refractivity contribution in [3.63, 3.8) is 0 Å². The van der Waals surface area contributed by atoms with Gasteiger partial charge >= 0.3 is 35.8 Å². The summed E-state index contributed by atoms with van der Waals surface area (Å²) in [5.41, 5.74) is 0.607. The first-order valence-electron chi connectivity index (χ1n) is 21.2. The maximum Gasteiger partial charge on any atom is 0.349 e. The first-order chi connectivity index (χ1) is 34.1. The molecular formula is C51H48N2O21. The normalized spacial score (nSPS) is 13.4. The number of amides is 4. The fraction of sp³-hybridized carbons (Fsp3) is 0.275. The Morgan fingerprint density at radius 3 is 1.07 bits per heavy atom. The molecule has 0 fully saturated rings. The Morgan fingerprint density at radius 1 is 0.405 bits per heavy atom. The summed E-state index contributed by atoms with van der Waals surface area (Å²) >= 11 is 0. The van der Waals surface area contributed by atoms with E-state index in [0.717, 1.165) is 37.5 Å². The summed E-state index contributed by atoms with van der Waals surface area (Å²) in [4.78, 5) is 158. The van der Waals surface area contributed by atoms with Crippen LogP contribution in [0.4, 0.5) is 0 Å². The molecule has 23 heteroatoms. The monoisotopic (exact) mass is 1020 g/mol. The first-order valence-corrected chi connectivity index (χ1v) is 21.2. The highest BCUT2D eigenvalue weighted by molar-refractivity contribution is 6.29. The zero-order valence-electron chi connectivity index (χ0n) is 38.9. The van der Waals surface area contributed by atoms with E-state index in [2.05, 4.69) is 9.47 Å². The lowest BCUT2D eigenvalue weighted by Gasteiger charge is -2.21. The van der Waals surface area contributed by atoms with Gasteiger partial charge < -0.3 is 37.9 Å². The van der Waals surface area contributed by atoms with E-state index in [-0.39, 0.29) is 82.0 Å². The van der Waals surface area contributed by atoms with E-state index in [0.29, 0.717) is 0 Å². The van der Waals surface area contributed by atoms with Gasteiger partial charge in [0.1, 0.15) is 11.5 Å². The standard InChI is InChI=1S/C26H24O12.C23H16N2O9.2CH4/c1-13(25(31)35-11-33-15(3)27)37-17-5-7-19-21(9-17)23(29)20-8-6-18(10-22(20)24(19)30)38-14(2)26(32)36-12-34-16(4)28;1-11(26)33-9-24-20(29)15-5-3-13(7-17(15)22(24)31)19(28)14-4-6-16-18(8-14)23(32)25(21(16)30)10-34-12(2)27;;/h5-10,13-14H,11-12H2,1-4H3;3-8H,9-10H2,1-2H3;2*1H4. The average Bonchev–Trinajstić information content (AvgIpc) is 3.72. The average molecular weight is 1020 g/mol. The molecule has 2 heterocycles. The number of imide groups is 2. The van der Waals surface area contributed by atoms with Crippen molar-refractivity contribution in [2.45, 2.75) is 68.6 Å². The number of benzene rings is 4. The molecule has 23 nitrogen and oxygen atoms in total. The van der Waals surface area contributed by atoms with Crippen LogP contribution in [0.2, 0.25) is 0 Å². The van der Waals surface area contributed by atoms with Gasteiger partial charge in [0.05, 0.1) is 22.3 Å². The molecule has 3 aliphatic rings. The van der Waals surface area contributed by atoms with Crippen LogP contribution in [0.3, 0.4) is 0 Å². The maximum atomic E-state index is 13.1. The number of hydrogen-bond donors (Lipinski definition) is 0. The van der Waals surface area contributed by atoms with Gasteiger partial charge in [0, 0.05) is 61.1 Å². The number of ketones is 3. The lowest BCUT2D eigenvalue weighted by molar-refractivity contribution is -0.172. The molecule has 388 valence electrons. The van der Waals surface area contributed by atoms with Crippen LogP contribution in [0.1, 0.15) is 146 Å².